The van der Waals surface area contributed by atoms with Crippen LogP contribution in [0.25, 0.3) is 10.9 Å². The zero-order valence-corrected chi connectivity index (χ0v) is 9.27. The lowest BCUT2D eigenvalue weighted by atomic mass is 10.0. The lowest BCUT2D eigenvalue weighted by Gasteiger charge is -2.09. The van der Waals surface area contributed by atoms with Gasteiger partial charge in [0, 0.05) is 12.6 Å². The lowest BCUT2D eigenvalue weighted by molar-refractivity contribution is 0.850. The Kier molecular flexibility index (Phi) is 2.49. The molecule has 3 nitrogen and oxygen atoms in total. The average Bonchev–Trinajstić information content (AvgIpc) is 2.33. The first kappa shape index (κ1) is 10.4. The molecule has 2 rings (SSSR count). The van der Waals surface area contributed by atoms with Crippen LogP contribution in [0.15, 0.2) is 35.1 Å². The third-order valence-corrected chi connectivity index (χ3v) is 2.82. The highest BCUT2D eigenvalue weighted by Gasteiger charge is 2.11. The number of nitriles is 1. The summed E-state index contributed by atoms with van der Waals surface area (Å²) in [4.78, 5) is 12.0. The maximum absolute atomic E-state index is 12.0. The second-order valence-electron chi connectivity index (χ2n) is 3.87. The summed E-state index contributed by atoms with van der Waals surface area (Å²) in [6, 6.07) is 11.6. The third-order valence-electron chi connectivity index (χ3n) is 2.82. The Morgan fingerprint density at radius 1 is 1.38 bits per heavy atom. The standard InChI is InChI=1S/C13H12N2O/c1-9(8-14)11-7-10-5-3-4-6-12(10)15(2)13(11)16/h3-7,9H,1-2H3. The van der Waals surface area contributed by atoms with Crippen molar-refractivity contribution < 1.29 is 0 Å². The minimum atomic E-state index is -0.372. The summed E-state index contributed by atoms with van der Waals surface area (Å²) in [5.74, 6) is -0.372. The molecule has 0 aliphatic rings. The van der Waals surface area contributed by atoms with Gasteiger partial charge in [0.2, 0.25) is 0 Å². The number of aryl methyl sites for hydroxylation is 1. The van der Waals surface area contributed by atoms with E-state index in [9.17, 15) is 4.79 Å². The van der Waals surface area contributed by atoms with Crippen molar-refractivity contribution in [1.82, 2.24) is 4.57 Å². The van der Waals surface area contributed by atoms with Gasteiger partial charge in [0.05, 0.1) is 17.5 Å². The molecular weight excluding hydrogens is 200 g/mol. The molecule has 1 aromatic carbocycles. The van der Waals surface area contributed by atoms with E-state index in [1.807, 2.05) is 30.3 Å². The zero-order valence-electron chi connectivity index (χ0n) is 9.27. The zero-order chi connectivity index (χ0) is 11.7. The van der Waals surface area contributed by atoms with Crippen LogP contribution in [0, 0.1) is 11.3 Å². The molecule has 80 valence electrons. The van der Waals surface area contributed by atoms with E-state index in [1.165, 1.54) is 0 Å². The first-order chi connectivity index (χ1) is 7.65. The highest BCUT2D eigenvalue weighted by molar-refractivity contribution is 5.79. The summed E-state index contributed by atoms with van der Waals surface area (Å²) >= 11 is 0. The normalized spacial score (nSPS) is 12.3. The van der Waals surface area contributed by atoms with Gasteiger partial charge in [-0.2, -0.15) is 5.26 Å². The molecule has 0 bridgehead atoms. The Bertz CT molecular complexity index is 634. The van der Waals surface area contributed by atoms with Gasteiger partial charge in [0.25, 0.3) is 5.56 Å². The highest BCUT2D eigenvalue weighted by atomic mass is 16.1. The summed E-state index contributed by atoms with van der Waals surface area (Å²) in [6.45, 7) is 1.74. The number of hydrogen-bond acceptors (Lipinski definition) is 2. The first-order valence-corrected chi connectivity index (χ1v) is 5.13. The Morgan fingerprint density at radius 3 is 2.75 bits per heavy atom. The Labute approximate surface area is 93.6 Å². The van der Waals surface area contributed by atoms with Gasteiger partial charge in [-0.05, 0) is 24.4 Å². The predicted molar refractivity (Wildman–Crippen MR) is 63.2 cm³/mol. The van der Waals surface area contributed by atoms with Crippen molar-refractivity contribution in [2.75, 3.05) is 0 Å². The van der Waals surface area contributed by atoms with E-state index in [-0.39, 0.29) is 11.5 Å². The van der Waals surface area contributed by atoms with Gasteiger partial charge in [0.1, 0.15) is 0 Å². The maximum Gasteiger partial charge on any atom is 0.255 e. The van der Waals surface area contributed by atoms with Gasteiger partial charge in [0.15, 0.2) is 0 Å². The van der Waals surface area contributed by atoms with Crippen LogP contribution in [0.5, 0.6) is 0 Å². The molecule has 0 radical (unpaired) electrons. The minimum Gasteiger partial charge on any atom is -0.311 e. The number of fused-ring (bicyclic) bond motifs is 1. The van der Waals surface area contributed by atoms with Gasteiger partial charge < -0.3 is 4.57 Å². The molecule has 0 saturated heterocycles. The number of rotatable bonds is 1. The molecule has 3 heteroatoms. The van der Waals surface area contributed by atoms with Crippen molar-refractivity contribution in [2.45, 2.75) is 12.8 Å². The molecule has 1 aromatic heterocycles. The second kappa shape index (κ2) is 3.82. The van der Waals surface area contributed by atoms with E-state index in [0.29, 0.717) is 5.56 Å². The fourth-order valence-corrected chi connectivity index (χ4v) is 1.83. The molecule has 0 spiro atoms. The molecule has 1 unspecified atom stereocenters. The summed E-state index contributed by atoms with van der Waals surface area (Å²) in [7, 11) is 1.73. The number of nitrogens with zero attached hydrogens (tertiary/aromatic N) is 2. The van der Waals surface area contributed by atoms with Crippen molar-refractivity contribution in [3.63, 3.8) is 0 Å². The molecule has 0 fully saturated rings. The topological polar surface area (TPSA) is 45.8 Å². The lowest BCUT2D eigenvalue weighted by Crippen LogP contribution is -2.22. The van der Waals surface area contributed by atoms with Crippen LogP contribution in [0.3, 0.4) is 0 Å². The molecule has 0 N–H and O–H groups in total. The molecule has 1 atom stereocenters. The smallest absolute Gasteiger partial charge is 0.255 e. The van der Waals surface area contributed by atoms with Gasteiger partial charge in [-0.25, -0.2) is 0 Å². The Hall–Kier alpha value is -2.08. The summed E-state index contributed by atoms with van der Waals surface area (Å²) in [5.41, 5.74) is 1.36. The largest absolute Gasteiger partial charge is 0.311 e. The summed E-state index contributed by atoms with van der Waals surface area (Å²) in [5, 5.41) is 9.87. The summed E-state index contributed by atoms with van der Waals surface area (Å²) in [6.07, 6.45) is 0. The quantitative estimate of drug-likeness (QED) is 0.727. The van der Waals surface area contributed by atoms with Crippen LogP contribution in [0.2, 0.25) is 0 Å². The highest BCUT2D eigenvalue weighted by Crippen LogP contribution is 2.17. The fourth-order valence-electron chi connectivity index (χ4n) is 1.83. The molecule has 0 aliphatic heterocycles. The average molecular weight is 212 g/mol. The molecule has 0 aliphatic carbocycles. The Balaban J connectivity index is 2.85. The third kappa shape index (κ3) is 1.49. The van der Waals surface area contributed by atoms with E-state index >= 15 is 0 Å². The number of hydrogen-bond donors (Lipinski definition) is 0. The molecule has 16 heavy (non-hydrogen) atoms. The van der Waals surface area contributed by atoms with Crippen molar-refractivity contribution >= 4 is 10.9 Å². The van der Waals surface area contributed by atoms with Crippen LogP contribution in [0.1, 0.15) is 18.4 Å². The fraction of sp³-hybridized carbons (Fsp3) is 0.231. The second-order valence-corrected chi connectivity index (χ2v) is 3.87. The number of pyridine rings is 1. The SMILES string of the molecule is CC(C#N)c1cc2ccccc2n(C)c1=O. The molecular formula is C13H12N2O. The Morgan fingerprint density at radius 2 is 2.06 bits per heavy atom. The first-order valence-electron chi connectivity index (χ1n) is 5.13. The molecule has 0 amide bonds. The van der Waals surface area contributed by atoms with Crippen LogP contribution >= 0.6 is 0 Å². The van der Waals surface area contributed by atoms with Crippen LogP contribution in [0.4, 0.5) is 0 Å². The number of aromatic nitrogens is 1. The molecule has 1 heterocycles. The monoisotopic (exact) mass is 212 g/mol. The van der Waals surface area contributed by atoms with E-state index in [2.05, 4.69) is 6.07 Å². The van der Waals surface area contributed by atoms with Crippen molar-refractivity contribution in [3.8, 4) is 6.07 Å². The van der Waals surface area contributed by atoms with Crippen molar-refractivity contribution in [1.29, 1.82) is 5.26 Å². The number of para-hydroxylation sites is 1. The molecule has 0 saturated carbocycles. The van der Waals surface area contributed by atoms with Crippen LogP contribution in [-0.4, -0.2) is 4.57 Å². The minimum absolute atomic E-state index is 0.0900. The predicted octanol–water partition coefficient (Wildman–Crippen LogP) is 2.17. The summed E-state index contributed by atoms with van der Waals surface area (Å²) < 4.78 is 1.60. The van der Waals surface area contributed by atoms with E-state index in [0.717, 1.165) is 10.9 Å². The maximum atomic E-state index is 12.0. The van der Waals surface area contributed by atoms with Crippen LogP contribution < -0.4 is 5.56 Å². The van der Waals surface area contributed by atoms with Crippen LogP contribution in [-0.2, 0) is 7.05 Å². The van der Waals surface area contributed by atoms with Gasteiger partial charge in [-0.1, -0.05) is 18.2 Å². The van der Waals surface area contributed by atoms with Crippen molar-refractivity contribution in [3.05, 3.63) is 46.2 Å². The van der Waals surface area contributed by atoms with E-state index < -0.39 is 0 Å². The molecule has 2 aromatic rings. The van der Waals surface area contributed by atoms with E-state index in [1.54, 1.807) is 18.5 Å². The number of benzene rings is 1. The van der Waals surface area contributed by atoms with Gasteiger partial charge in [-0.3, -0.25) is 4.79 Å². The van der Waals surface area contributed by atoms with E-state index in [4.69, 9.17) is 5.26 Å². The van der Waals surface area contributed by atoms with Crippen molar-refractivity contribution in [2.24, 2.45) is 7.05 Å². The van der Waals surface area contributed by atoms with Gasteiger partial charge >= 0.3 is 0 Å². The van der Waals surface area contributed by atoms with Gasteiger partial charge in [-0.15, -0.1) is 0 Å².